The first kappa shape index (κ1) is 14.1. The van der Waals surface area contributed by atoms with E-state index in [1.807, 2.05) is 0 Å². The Morgan fingerprint density at radius 1 is 1.47 bits per heavy atom. The highest BCUT2D eigenvalue weighted by Crippen LogP contribution is 2.35. The van der Waals surface area contributed by atoms with Gasteiger partial charge in [0.2, 0.25) is 0 Å². The Bertz CT molecular complexity index is 561. The second-order valence-corrected chi connectivity index (χ2v) is 5.79. The Hall–Kier alpha value is -1.31. The molecular weight excluding hydrogens is 285 g/mol. The Kier molecular flexibility index (Phi) is 3.71. The summed E-state index contributed by atoms with van der Waals surface area (Å²) in [5.41, 5.74) is -0.595. The molecule has 1 fully saturated rings. The third-order valence-corrected chi connectivity index (χ3v) is 3.55. The number of rotatable bonds is 3. The van der Waals surface area contributed by atoms with Crippen LogP contribution in [0, 0.1) is 11.3 Å². The highest BCUT2D eigenvalue weighted by molar-refractivity contribution is 6.34. The molecule has 1 aliphatic rings. The highest BCUT2D eigenvalue weighted by Gasteiger charge is 2.42. The number of pyridine rings is 1. The van der Waals surface area contributed by atoms with Gasteiger partial charge in [-0.25, -0.2) is 4.98 Å². The SMILES string of the molecule is CC(C)(C#N)N(C(=O)c1ccc(Cl)nc1Cl)C1CC1. The molecule has 0 radical (unpaired) electrons. The molecule has 1 aromatic rings. The fraction of sp³-hybridized carbons (Fsp3) is 0.462. The van der Waals surface area contributed by atoms with Crippen LogP contribution >= 0.6 is 23.2 Å². The van der Waals surface area contributed by atoms with Crippen LogP contribution in [-0.2, 0) is 0 Å². The van der Waals surface area contributed by atoms with Gasteiger partial charge in [0.1, 0.15) is 15.8 Å². The van der Waals surface area contributed by atoms with Crippen molar-refractivity contribution >= 4 is 29.1 Å². The summed E-state index contributed by atoms with van der Waals surface area (Å²) in [5.74, 6) is -0.275. The van der Waals surface area contributed by atoms with Gasteiger partial charge in [-0.2, -0.15) is 5.26 Å². The number of hydrogen-bond donors (Lipinski definition) is 0. The highest BCUT2D eigenvalue weighted by atomic mass is 35.5. The smallest absolute Gasteiger partial charge is 0.258 e. The molecule has 1 heterocycles. The van der Waals surface area contributed by atoms with Crippen LogP contribution < -0.4 is 0 Å². The second kappa shape index (κ2) is 4.99. The van der Waals surface area contributed by atoms with E-state index in [-0.39, 0.29) is 27.8 Å². The standard InChI is InChI=1S/C13H13Cl2N3O/c1-13(2,7-16)18(8-3-4-8)12(19)9-5-6-10(14)17-11(9)15/h5-6,8H,3-4H2,1-2H3. The Balaban J connectivity index is 2.38. The lowest BCUT2D eigenvalue weighted by Crippen LogP contribution is -2.48. The van der Waals surface area contributed by atoms with E-state index in [2.05, 4.69) is 11.1 Å². The lowest BCUT2D eigenvalue weighted by molar-refractivity contribution is 0.0615. The van der Waals surface area contributed by atoms with Crippen LogP contribution in [0.15, 0.2) is 12.1 Å². The zero-order valence-electron chi connectivity index (χ0n) is 10.7. The molecule has 0 bridgehead atoms. The molecule has 1 aromatic heterocycles. The van der Waals surface area contributed by atoms with Gasteiger partial charge >= 0.3 is 0 Å². The van der Waals surface area contributed by atoms with Crippen molar-refractivity contribution in [2.45, 2.75) is 38.3 Å². The minimum Gasteiger partial charge on any atom is -0.317 e. The molecule has 0 aromatic carbocycles. The predicted molar refractivity (Wildman–Crippen MR) is 73.1 cm³/mol. The lowest BCUT2D eigenvalue weighted by Gasteiger charge is -2.33. The number of halogens is 2. The first-order valence-electron chi connectivity index (χ1n) is 5.94. The van der Waals surface area contributed by atoms with Gasteiger partial charge in [-0.05, 0) is 38.8 Å². The lowest BCUT2D eigenvalue weighted by atomic mass is 10.0. The normalized spacial score (nSPS) is 14.9. The average Bonchev–Trinajstić information content (AvgIpc) is 3.13. The van der Waals surface area contributed by atoms with Crippen LogP contribution in [-0.4, -0.2) is 27.4 Å². The molecule has 1 saturated carbocycles. The molecule has 0 saturated heterocycles. The van der Waals surface area contributed by atoms with E-state index in [0.717, 1.165) is 12.8 Å². The van der Waals surface area contributed by atoms with Gasteiger partial charge in [-0.3, -0.25) is 4.79 Å². The number of aromatic nitrogens is 1. The van der Waals surface area contributed by atoms with Gasteiger partial charge in [0, 0.05) is 6.04 Å². The molecule has 4 nitrogen and oxygen atoms in total. The number of carbonyl (C=O) groups excluding carboxylic acids is 1. The van der Waals surface area contributed by atoms with E-state index < -0.39 is 5.54 Å². The van der Waals surface area contributed by atoms with Crippen molar-refractivity contribution in [3.8, 4) is 6.07 Å². The van der Waals surface area contributed by atoms with Crippen molar-refractivity contribution in [2.75, 3.05) is 0 Å². The molecule has 0 aliphatic heterocycles. The third kappa shape index (κ3) is 2.83. The Labute approximate surface area is 121 Å². The third-order valence-electron chi connectivity index (χ3n) is 3.05. The zero-order valence-corrected chi connectivity index (χ0v) is 12.2. The van der Waals surface area contributed by atoms with Gasteiger partial charge < -0.3 is 4.90 Å². The molecule has 6 heteroatoms. The molecule has 1 amide bonds. The molecule has 2 rings (SSSR count). The first-order valence-corrected chi connectivity index (χ1v) is 6.69. The maximum atomic E-state index is 12.6. The number of amides is 1. The minimum atomic E-state index is -0.874. The van der Waals surface area contributed by atoms with E-state index in [0.29, 0.717) is 0 Å². The average molecular weight is 298 g/mol. The fourth-order valence-corrected chi connectivity index (χ4v) is 2.39. The van der Waals surface area contributed by atoms with Crippen molar-refractivity contribution in [3.05, 3.63) is 28.0 Å². The quantitative estimate of drug-likeness (QED) is 0.804. The van der Waals surface area contributed by atoms with Crippen molar-refractivity contribution in [2.24, 2.45) is 0 Å². The second-order valence-electron chi connectivity index (χ2n) is 5.05. The molecule has 0 spiro atoms. The monoisotopic (exact) mass is 297 g/mol. The molecule has 0 unspecified atom stereocenters. The summed E-state index contributed by atoms with van der Waals surface area (Å²) in [6, 6.07) is 5.33. The first-order chi connectivity index (χ1) is 8.86. The molecule has 0 N–H and O–H groups in total. The maximum Gasteiger partial charge on any atom is 0.258 e. The van der Waals surface area contributed by atoms with Crippen molar-refractivity contribution < 1.29 is 4.79 Å². The van der Waals surface area contributed by atoms with Crippen LogP contribution in [0.2, 0.25) is 10.3 Å². The minimum absolute atomic E-state index is 0.0666. The van der Waals surface area contributed by atoms with Crippen molar-refractivity contribution in [3.63, 3.8) is 0 Å². The van der Waals surface area contributed by atoms with Crippen LogP contribution in [0.1, 0.15) is 37.0 Å². The van der Waals surface area contributed by atoms with E-state index in [1.165, 1.54) is 6.07 Å². The van der Waals surface area contributed by atoms with Gasteiger partial charge in [0.15, 0.2) is 0 Å². The summed E-state index contributed by atoms with van der Waals surface area (Å²) < 4.78 is 0. The van der Waals surface area contributed by atoms with Gasteiger partial charge in [-0.15, -0.1) is 0 Å². The van der Waals surface area contributed by atoms with E-state index >= 15 is 0 Å². The van der Waals surface area contributed by atoms with Crippen LogP contribution in [0.3, 0.4) is 0 Å². The summed E-state index contributed by atoms with van der Waals surface area (Å²) in [7, 11) is 0. The summed E-state index contributed by atoms with van der Waals surface area (Å²) in [6.07, 6.45) is 1.82. The van der Waals surface area contributed by atoms with Crippen molar-refractivity contribution in [1.29, 1.82) is 5.26 Å². The summed E-state index contributed by atoms with van der Waals surface area (Å²) in [6.45, 7) is 3.45. The number of carbonyl (C=O) groups is 1. The van der Waals surface area contributed by atoms with Gasteiger partial charge in [-0.1, -0.05) is 23.2 Å². The summed E-state index contributed by atoms with van der Waals surface area (Å²) in [5, 5.41) is 9.54. The maximum absolute atomic E-state index is 12.6. The molecule has 19 heavy (non-hydrogen) atoms. The Morgan fingerprint density at radius 3 is 2.58 bits per heavy atom. The largest absolute Gasteiger partial charge is 0.317 e. The zero-order chi connectivity index (χ0) is 14.2. The van der Waals surface area contributed by atoms with Crippen LogP contribution in [0.5, 0.6) is 0 Å². The van der Waals surface area contributed by atoms with Gasteiger partial charge in [0.25, 0.3) is 5.91 Å². The summed E-state index contributed by atoms with van der Waals surface area (Å²) >= 11 is 11.7. The topological polar surface area (TPSA) is 57.0 Å². The number of nitriles is 1. The predicted octanol–water partition coefficient (Wildman–Crippen LogP) is 3.30. The molecule has 100 valence electrons. The van der Waals surface area contributed by atoms with E-state index in [4.69, 9.17) is 23.2 Å². The van der Waals surface area contributed by atoms with Crippen molar-refractivity contribution in [1.82, 2.24) is 9.88 Å². The molecular formula is C13H13Cl2N3O. The fourth-order valence-electron chi connectivity index (χ4n) is 1.96. The van der Waals surface area contributed by atoms with E-state index in [1.54, 1.807) is 24.8 Å². The Morgan fingerprint density at radius 2 is 2.11 bits per heavy atom. The number of hydrogen-bond acceptors (Lipinski definition) is 3. The molecule has 1 aliphatic carbocycles. The number of nitrogens with zero attached hydrogens (tertiary/aromatic N) is 3. The van der Waals surface area contributed by atoms with E-state index in [9.17, 15) is 10.1 Å². The van der Waals surface area contributed by atoms with Gasteiger partial charge in [0.05, 0.1) is 11.6 Å². The van der Waals surface area contributed by atoms with Crippen LogP contribution in [0.25, 0.3) is 0 Å². The van der Waals surface area contributed by atoms with Crippen LogP contribution in [0.4, 0.5) is 0 Å². The summed E-state index contributed by atoms with van der Waals surface area (Å²) in [4.78, 5) is 18.0. The molecule has 0 atom stereocenters.